The van der Waals surface area contributed by atoms with Gasteiger partial charge < -0.3 is 5.32 Å². The summed E-state index contributed by atoms with van der Waals surface area (Å²) >= 11 is 0. The Labute approximate surface area is 110 Å². The molecule has 1 atom stereocenters. The third kappa shape index (κ3) is 2.73. The topological polar surface area (TPSA) is 12.0 Å². The highest BCUT2D eigenvalue weighted by Crippen LogP contribution is 2.26. The summed E-state index contributed by atoms with van der Waals surface area (Å²) < 4.78 is 0. The zero-order chi connectivity index (χ0) is 13.1. The molecule has 1 heteroatoms. The Balaban J connectivity index is 2.27. The standard InChI is InChI=1S/C17H21N/c1-12-10-13(2)17(14(3)11-12)15(4)18-16-8-6-5-7-9-16/h5-11,15,18H,1-4H3. The van der Waals surface area contributed by atoms with Gasteiger partial charge in [-0.15, -0.1) is 0 Å². The van der Waals surface area contributed by atoms with Crippen LogP contribution in [0.25, 0.3) is 0 Å². The van der Waals surface area contributed by atoms with Gasteiger partial charge in [-0.05, 0) is 56.5 Å². The summed E-state index contributed by atoms with van der Waals surface area (Å²) in [5.41, 5.74) is 6.64. The van der Waals surface area contributed by atoms with Gasteiger partial charge in [0.05, 0.1) is 0 Å². The van der Waals surface area contributed by atoms with Crippen molar-refractivity contribution in [3.05, 3.63) is 64.7 Å². The van der Waals surface area contributed by atoms with Gasteiger partial charge in [-0.1, -0.05) is 35.9 Å². The summed E-state index contributed by atoms with van der Waals surface area (Å²) in [4.78, 5) is 0. The molecule has 0 aliphatic rings. The molecule has 0 aromatic heterocycles. The molecule has 0 saturated carbocycles. The Hall–Kier alpha value is -1.76. The van der Waals surface area contributed by atoms with E-state index >= 15 is 0 Å². The number of benzene rings is 2. The lowest BCUT2D eigenvalue weighted by atomic mass is 9.95. The Morgan fingerprint density at radius 1 is 0.889 bits per heavy atom. The van der Waals surface area contributed by atoms with Gasteiger partial charge in [-0.3, -0.25) is 0 Å². The first-order chi connectivity index (χ1) is 8.58. The quantitative estimate of drug-likeness (QED) is 0.812. The summed E-state index contributed by atoms with van der Waals surface area (Å²) in [5, 5.41) is 3.56. The van der Waals surface area contributed by atoms with Crippen LogP contribution in [0.2, 0.25) is 0 Å². The number of anilines is 1. The summed E-state index contributed by atoms with van der Waals surface area (Å²) in [6.07, 6.45) is 0. The fraction of sp³-hybridized carbons (Fsp3) is 0.294. The summed E-state index contributed by atoms with van der Waals surface area (Å²) in [6, 6.07) is 15.2. The second-order valence-electron chi connectivity index (χ2n) is 5.04. The molecule has 94 valence electrons. The summed E-state index contributed by atoms with van der Waals surface area (Å²) in [6.45, 7) is 8.76. The van der Waals surface area contributed by atoms with Gasteiger partial charge in [0.15, 0.2) is 0 Å². The highest BCUT2D eigenvalue weighted by molar-refractivity contribution is 5.48. The van der Waals surface area contributed by atoms with Crippen molar-refractivity contribution in [2.45, 2.75) is 33.7 Å². The van der Waals surface area contributed by atoms with E-state index in [9.17, 15) is 0 Å². The molecule has 0 fully saturated rings. The minimum atomic E-state index is 0.327. The number of hydrogen-bond acceptors (Lipinski definition) is 1. The predicted octanol–water partition coefficient (Wildman–Crippen LogP) is 4.78. The second-order valence-corrected chi connectivity index (χ2v) is 5.04. The van der Waals surface area contributed by atoms with E-state index in [-0.39, 0.29) is 0 Å². The highest BCUT2D eigenvalue weighted by atomic mass is 14.9. The number of para-hydroxylation sites is 1. The van der Waals surface area contributed by atoms with Crippen molar-refractivity contribution in [1.29, 1.82) is 0 Å². The smallest absolute Gasteiger partial charge is 0.0490 e. The van der Waals surface area contributed by atoms with Gasteiger partial charge >= 0.3 is 0 Å². The lowest BCUT2D eigenvalue weighted by Crippen LogP contribution is -2.10. The zero-order valence-corrected chi connectivity index (χ0v) is 11.6. The van der Waals surface area contributed by atoms with Crippen molar-refractivity contribution in [3.63, 3.8) is 0 Å². The maximum absolute atomic E-state index is 3.56. The van der Waals surface area contributed by atoms with E-state index in [0.29, 0.717) is 6.04 Å². The van der Waals surface area contributed by atoms with Crippen LogP contribution < -0.4 is 5.32 Å². The van der Waals surface area contributed by atoms with Gasteiger partial charge in [0, 0.05) is 11.7 Å². The van der Waals surface area contributed by atoms with Crippen LogP contribution in [0.15, 0.2) is 42.5 Å². The minimum absolute atomic E-state index is 0.327. The monoisotopic (exact) mass is 239 g/mol. The molecule has 1 N–H and O–H groups in total. The average molecular weight is 239 g/mol. The van der Waals surface area contributed by atoms with Crippen molar-refractivity contribution in [2.24, 2.45) is 0 Å². The van der Waals surface area contributed by atoms with Gasteiger partial charge in [0.2, 0.25) is 0 Å². The van der Waals surface area contributed by atoms with Gasteiger partial charge in [-0.25, -0.2) is 0 Å². The summed E-state index contributed by atoms with van der Waals surface area (Å²) in [7, 11) is 0. The van der Waals surface area contributed by atoms with Crippen molar-refractivity contribution in [2.75, 3.05) is 5.32 Å². The number of nitrogens with one attached hydrogen (secondary N) is 1. The molecule has 18 heavy (non-hydrogen) atoms. The van der Waals surface area contributed by atoms with E-state index in [0.717, 1.165) is 0 Å². The van der Waals surface area contributed by atoms with Gasteiger partial charge in [-0.2, -0.15) is 0 Å². The lowest BCUT2D eigenvalue weighted by molar-refractivity contribution is 0.862. The average Bonchev–Trinajstić information content (AvgIpc) is 2.28. The third-order valence-corrected chi connectivity index (χ3v) is 3.33. The fourth-order valence-corrected chi connectivity index (χ4v) is 2.73. The van der Waals surface area contributed by atoms with Gasteiger partial charge in [0.1, 0.15) is 0 Å². The predicted molar refractivity (Wildman–Crippen MR) is 79.1 cm³/mol. The van der Waals surface area contributed by atoms with Crippen LogP contribution in [0.4, 0.5) is 5.69 Å². The Morgan fingerprint density at radius 2 is 1.44 bits per heavy atom. The molecule has 1 nitrogen and oxygen atoms in total. The molecule has 0 spiro atoms. The molecule has 0 aliphatic heterocycles. The number of hydrogen-bond donors (Lipinski definition) is 1. The molecule has 2 aromatic rings. The molecule has 1 unspecified atom stereocenters. The Morgan fingerprint density at radius 3 is 2.00 bits per heavy atom. The molecular weight excluding hydrogens is 218 g/mol. The van der Waals surface area contributed by atoms with Crippen LogP contribution in [-0.4, -0.2) is 0 Å². The molecule has 0 saturated heterocycles. The Bertz CT molecular complexity index is 506. The van der Waals surface area contributed by atoms with E-state index < -0.39 is 0 Å². The molecule has 0 radical (unpaired) electrons. The zero-order valence-electron chi connectivity index (χ0n) is 11.6. The SMILES string of the molecule is Cc1cc(C)c(C(C)Nc2ccccc2)c(C)c1. The number of aryl methyl sites for hydroxylation is 3. The summed E-state index contributed by atoms with van der Waals surface area (Å²) in [5.74, 6) is 0. The van der Waals surface area contributed by atoms with Crippen molar-refractivity contribution >= 4 is 5.69 Å². The highest BCUT2D eigenvalue weighted by Gasteiger charge is 2.11. The first kappa shape index (κ1) is 12.7. The van der Waals surface area contributed by atoms with E-state index in [1.807, 2.05) is 6.07 Å². The van der Waals surface area contributed by atoms with Crippen molar-refractivity contribution in [1.82, 2.24) is 0 Å². The maximum Gasteiger partial charge on any atom is 0.0490 e. The molecule has 2 aromatic carbocycles. The normalized spacial score (nSPS) is 12.2. The van der Waals surface area contributed by atoms with Crippen molar-refractivity contribution < 1.29 is 0 Å². The molecule has 0 aliphatic carbocycles. The lowest BCUT2D eigenvalue weighted by Gasteiger charge is -2.20. The van der Waals surface area contributed by atoms with Crippen LogP contribution in [0.1, 0.15) is 35.2 Å². The first-order valence-electron chi connectivity index (χ1n) is 6.47. The van der Waals surface area contributed by atoms with Crippen LogP contribution in [0.3, 0.4) is 0 Å². The van der Waals surface area contributed by atoms with E-state index in [2.05, 4.69) is 69.4 Å². The van der Waals surface area contributed by atoms with Crippen LogP contribution in [0.5, 0.6) is 0 Å². The minimum Gasteiger partial charge on any atom is -0.379 e. The van der Waals surface area contributed by atoms with E-state index in [1.54, 1.807) is 0 Å². The fourth-order valence-electron chi connectivity index (χ4n) is 2.73. The second kappa shape index (κ2) is 5.26. The van der Waals surface area contributed by atoms with E-state index in [4.69, 9.17) is 0 Å². The largest absolute Gasteiger partial charge is 0.379 e. The van der Waals surface area contributed by atoms with Crippen molar-refractivity contribution in [3.8, 4) is 0 Å². The molecule has 0 bridgehead atoms. The molecule has 2 rings (SSSR count). The maximum atomic E-state index is 3.56. The van der Waals surface area contributed by atoms with E-state index in [1.165, 1.54) is 27.9 Å². The number of rotatable bonds is 3. The third-order valence-electron chi connectivity index (χ3n) is 3.33. The van der Waals surface area contributed by atoms with Crippen LogP contribution in [0, 0.1) is 20.8 Å². The van der Waals surface area contributed by atoms with Crippen LogP contribution in [-0.2, 0) is 0 Å². The molecular formula is C17H21N. The first-order valence-corrected chi connectivity index (χ1v) is 6.47. The van der Waals surface area contributed by atoms with Crippen LogP contribution >= 0.6 is 0 Å². The van der Waals surface area contributed by atoms with Gasteiger partial charge in [0.25, 0.3) is 0 Å². The Kier molecular flexibility index (Phi) is 3.71. The molecule has 0 amide bonds. The molecule has 0 heterocycles.